The number of hydrogen-bond donors (Lipinski definition) is 0. The van der Waals surface area contributed by atoms with Crippen molar-refractivity contribution < 1.29 is 27.4 Å². The lowest BCUT2D eigenvalue weighted by molar-refractivity contribution is -0.137. The van der Waals surface area contributed by atoms with Gasteiger partial charge in [-0.3, -0.25) is 0 Å². The van der Waals surface area contributed by atoms with Crippen LogP contribution in [0.2, 0.25) is 0 Å². The highest BCUT2D eigenvalue weighted by Crippen LogP contribution is 2.35. The average Bonchev–Trinajstić information content (AvgIpc) is 2.45. The second-order valence-electron chi connectivity index (χ2n) is 4.38. The predicted octanol–water partition coefficient (Wildman–Crippen LogP) is 4.07. The van der Waals surface area contributed by atoms with Crippen LogP contribution in [0.25, 0.3) is 5.57 Å². The molecule has 0 aliphatic carbocycles. The predicted molar refractivity (Wildman–Crippen MR) is 72.9 cm³/mol. The van der Waals surface area contributed by atoms with Crippen molar-refractivity contribution in [1.82, 2.24) is 0 Å². The number of halogens is 3. The smallest absolute Gasteiger partial charge is 0.416 e. The first kappa shape index (κ1) is 17.1. The van der Waals surface area contributed by atoms with Crippen LogP contribution in [0.15, 0.2) is 24.8 Å². The molecule has 0 spiro atoms. The quantitative estimate of drug-likeness (QED) is 0.451. The van der Waals surface area contributed by atoms with E-state index in [0.717, 1.165) is 18.6 Å². The third-order valence-corrected chi connectivity index (χ3v) is 2.82. The summed E-state index contributed by atoms with van der Waals surface area (Å²) in [6.45, 7) is 5.74. The number of esters is 1. The van der Waals surface area contributed by atoms with Gasteiger partial charge in [-0.25, -0.2) is 4.79 Å². The van der Waals surface area contributed by atoms with E-state index in [1.54, 1.807) is 0 Å². The maximum atomic E-state index is 12.7. The van der Waals surface area contributed by atoms with Gasteiger partial charge in [0.1, 0.15) is 5.75 Å². The fourth-order valence-electron chi connectivity index (χ4n) is 1.63. The van der Waals surface area contributed by atoms with E-state index in [1.807, 2.05) is 6.92 Å². The van der Waals surface area contributed by atoms with Crippen LogP contribution in [-0.2, 0) is 15.7 Å². The molecular formula is C15H17F3O3. The summed E-state index contributed by atoms with van der Waals surface area (Å²) in [5.74, 6) is -0.733. The monoisotopic (exact) mass is 302 g/mol. The summed E-state index contributed by atoms with van der Waals surface area (Å²) in [6.07, 6.45) is -2.94. The van der Waals surface area contributed by atoms with Crippen LogP contribution in [0.1, 0.15) is 30.9 Å². The molecule has 0 aliphatic heterocycles. The number of hydrogen-bond acceptors (Lipinski definition) is 3. The Balaban J connectivity index is 3.16. The van der Waals surface area contributed by atoms with Crippen molar-refractivity contribution in [3.8, 4) is 5.75 Å². The Morgan fingerprint density at radius 3 is 2.52 bits per heavy atom. The molecule has 3 nitrogen and oxygen atoms in total. The Morgan fingerprint density at radius 1 is 1.33 bits per heavy atom. The van der Waals surface area contributed by atoms with E-state index < -0.39 is 17.7 Å². The van der Waals surface area contributed by atoms with Crippen molar-refractivity contribution in [3.05, 3.63) is 35.9 Å². The molecule has 1 aromatic carbocycles. The lowest BCUT2D eigenvalue weighted by Gasteiger charge is -2.15. The summed E-state index contributed by atoms with van der Waals surface area (Å²) in [5, 5.41) is 0. The molecule has 21 heavy (non-hydrogen) atoms. The van der Waals surface area contributed by atoms with E-state index in [-0.39, 0.29) is 23.5 Å². The molecule has 0 aliphatic rings. The van der Waals surface area contributed by atoms with Gasteiger partial charge in [0.25, 0.3) is 0 Å². The average molecular weight is 302 g/mol. The molecule has 1 aromatic rings. The van der Waals surface area contributed by atoms with Crippen molar-refractivity contribution >= 4 is 11.5 Å². The van der Waals surface area contributed by atoms with E-state index >= 15 is 0 Å². The van der Waals surface area contributed by atoms with E-state index in [2.05, 4.69) is 11.3 Å². The standard InChI is InChI=1S/C15H17F3O3/c1-4-5-8-21-13-9-11(15(16,17)18)6-7-12(13)10(2)14(19)20-3/h6-7,9H,2,4-5,8H2,1,3H3. The Hall–Kier alpha value is -1.98. The Labute approximate surface area is 121 Å². The molecule has 0 heterocycles. The highest BCUT2D eigenvalue weighted by Gasteiger charge is 2.31. The molecule has 0 N–H and O–H groups in total. The van der Waals surface area contributed by atoms with Gasteiger partial charge < -0.3 is 9.47 Å². The van der Waals surface area contributed by atoms with Crippen LogP contribution >= 0.6 is 0 Å². The van der Waals surface area contributed by atoms with Crippen molar-refractivity contribution in [2.45, 2.75) is 25.9 Å². The number of carbonyl (C=O) groups is 1. The van der Waals surface area contributed by atoms with Crippen LogP contribution in [0.5, 0.6) is 5.75 Å². The van der Waals surface area contributed by atoms with Crippen molar-refractivity contribution in [1.29, 1.82) is 0 Å². The number of carbonyl (C=O) groups excluding carboxylic acids is 1. The molecule has 0 aromatic heterocycles. The van der Waals surface area contributed by atoms with Gasteiger partial charge in [0.15, 0.2) is 0 Å². The second kappa shape index (κ2) is 7.15. The van der Waals surface area contributed by atoms with Crippen molar-refractivity contribution in [2.24, 2.45) is 0 Å². The minimum absolute atomic E-state index is 0.0197. The Morgan fingerprint density at radius 2 is 2.00 bits per heavy atom. The first-order valence-electron chi connectivity index (χ1n) is 6.42. The molecule has 0 amide bonds. The molecule has 0 fully saturated rings. The van der Waals surface area contributed by atoms with E-state index in [4.69, 9.17) is 4.74 Å². The fraction of sp³-hybridized carbons (Fsp3) is 0.400. The summed E-state index contributed by atoms with van der Waals surface area (Å²) >= 11 is 0. The lowest BCUT2D eigenvalue weighted by atomic mass is 10.0. The van der Waals surface area contributed by atoms with E-state index in [1.165, 1.54) is 13.2 Å². The number of ether oxygens (including phenoxy) is 2. The molecule has 0 saturated carbocycles. The first-order valence-corrected chi connectivity index (χ1v) is 6.42. The highest BCUT2D eigenvalue weighted by molar-refractivity contribution is 6.16. The van der Waals surface area contributed by atoms with Gasteiger partial charge in [-0.1, -0.05) is 19.9 Å². The zero-order chi connectivity index (χ0) is 16.0. The van der Waals surface area contributed by atoms with Gasteiger partial charge >= 0.3 is 12.1 Å². The van der Waals surface area contributed by atoms with E-state index in [9.17, 15) is 18.0 Å². The maximum Gasteiger partial charge on any atom is 0.416 e. The zero-order valence-corrected chi connectivity index (χ0v) is 11.9. The van der Waals surface area contributed by atoms with Crippen LogP contribution in [-0.4, -0.2) is 19.7 Å². The van der Waals surface area contributed by atoms with Gasteiger partial charge in [-0.15, -0.1) is 0 Å². The van der Waals surface area contributed by atoms with E-state index in [0.29, 0.717) is 6.42 Å². The molecular weight excluding hydrogens is 285 g/mol. The number of alkyl halides is 3. The number of rotatable bonds is 6. The molecule has 0 unspecified atom stereocenters. The SMILES string of the molecule is C=C(C(=O)OC)c1ccc(C(F)(F)F)cc1OCCCC. The Kier molecular flexibility index (Phi) is 5.81. The summed E-state index contributed by atoms with van der Waals surface area (Å²) in [6, 6.07) is 2.93. The van der Waals surface area contributed by atoms with Gasteiger partial charge in [-0.05, 0) is 24.6 Å². The molecule has 116 valence electrons. The fourth-order valence-corrected chi connectivity index (χ4v) is 1.63. The molecule has 1 rings (SSSR count). The van der Waals surface area contributed by atoms with Crippen molar-refractivity contribution in [3.63, 3.8) is 0 Å². The molecule has 0 bridgehead atoms. The third-order valence-electron chi connectivity index (χ3n) is 2.82. The third kappa shape index (κ3) is 4.51. The van der Waals surface area contributed by atoms with Crippen molar-refractivity contribution in [2.75, 3.05) is 13.7 Å². The summed E-state index contributed by atoms with van der Waals surface area (Å²) in [5.41, 5.74) is -0.681. The summed E-state index contributed by atoms with van der Waals surface area (Å²) in [7, 11) is 1.18. The number of benzene rings is 1. The number of methoxy groups -OCH3 is 1. The lowest BCUT2D eigenvalue weighted by Crippen LogP contribution is -2.09. The topological polar surface area (TPSA) is 35.5 Å². The molecule has 0 radical (unpaired) electrons. The van der Waals surface area contributed by atoms with Crippen LogP contribution < -0.4 is 4.74 Å². The number of unbranched alkanes of at least 4 members (excludes halogenated alkanes) is 1. The Bertz CT molecular complexity index is 521. The maximum absolute atomic E-state index is 12.7. The van der Waals surface area contributed by atoms with Crippen LogP contribution in [0, 0.1) is 0 Å². The zero-order valence-electron chi connectivity index (χ0n) is 11.9. The molecule has 6 heteroatoms. The van der Waals surface area contributed by atoms with Crippen LogP contribution in [0.3, 0.4) is 0 Å². The second-order valence-corrected chi connectivity index (χ2v) is 4.38. The summed E-state index contributed by atoms with van der Waals surface area (Å²) < 4.78 is 48.1. The minimum atomic E-state index is -4.48. The van der Waals surface area contributed by atoms with Gasteiger partial charge in [0.2, 0.25) is 0 Å². The van der Waals surface area contributed by atoms with Gasteiger partial charge in [0, 0.05) is 5.56 Å². The van der Waals surface area contributed by atoms with Crippen LogP contribution in [0.4, 0.5) is 13.2 Å². The minimum Gasteiger partial charge on any atom is -0.493 e. The highest BCUT2D eigenvalue weighted by atomic mass is 19.4. The summed E-state index contributed by atoms with van der Waals surface area (Å²) in [4.78, 5) is 11.5. The molecule has 0 atom stereocenters. The first-order chi connectivity index (χ1) is 9.81. The van der Waals surface area contributed by atoms with Gasteiger partial charge in [-0.2, -0.15) is 13.2 Å². The normalized spacial score (nSPS) is 11.1. The molecule has 0 saturated heterocycles. The van der Waals surface area contributed by atoms with Gasteiger partial charge in [0.05, 0.1) is 24.9 Å². The largest absolute Gasteiger partial charge is 0.493 e.